The normalized spacial score (nSPS) is 11.1. The van der Waals surface area contributed by atoms with E-state index in [2.05, 4.69) is 62.2 Å². The van der Waals surface area contributed by atoms with E-state index in [0.717, 1.165) is 0 Å². The molecule has 2 nitrogen and oxygen atoms in total. The van der Waals surface area contributed by atoms with Crippen molar-refractivity contribution in [1.82, 2.24) is 0 Å². The van der Waals surface area contributed by atoms with Crippen LogP contribution in [0.2, 0.25) is 39.3 Å². The van der Waals surface area contributed by atoms with Gasteiger partial charge in [0.1, 0.15) is 27.6 Å². The molecule has 0 aliphatic heterocycles. The quantitative estimate of drug-likeness (QED) is 0.568. The zero-order valence-corrected chi connectivity index (χ0v) is 15.0. The smallest absolute Gasteiger partial charge is 0.134 e. The predicted octanol–water partition coefficient (Wildman–Crippen LogP) is 3.56. The molecule has 0 bridgehead atoms. The van der Waals surface area contributed by atoms with Crippen LogP contribution in [0.5, 0.6) is 11.5 Å². The van der Waals surface area contributed by atoms with E-state index >= 15 is 0 Å². The highest BCUT2D eigenvalue weighted by atomic mass is 28.3. The Morgan fingerprint density at radius 2 is 1.05 bits per heavy atom. The van der Waals surface area contributed by atoms with E-state index < -0.39 is 16.1 Å². The van der Waals surface area contributed by atoms with Gasteiger partial charge >= 0.3 is 0 Å². The third-order valence-corrected chi connectivity index (χ3v) is 4.01. The topological polar surface area (TPSA) is 40.5 Å². The van der Waals surface area contributed by atoms with Crippen molar-refractivity contribution in [2.24, 2.45) is 0 Å². The Labute approximate surface area is 123 Å². The summed E-state index contributed by atoms with van der Waals surface area (Å²) in [5.74, 6) is 6.04. The Morgan fingerprint density at radius 3 is 1.35 bits per heavy atom. The lowest BCUT2D eigenvalue weighted by atomic mass is 10.1. The van der Waals surface area contributed by atoms with Crippen LogP contribution in [-0.2, 0) is 0 Å². The molecule has 0 unspecified atom stereocenters. The second-order valence-electron chi connectivity index (χ2n) is 6.89. The molecular formula is C16H22O2Si2. The summed E-state index contributed by atoms with van der Waals surface area (Å²) in [6.45, 7) is 12.9. The Morgan fingerprint density at radius 1 is 0.700 bits per heavy atom. The van der Waals surface area contributed by atoms with Crippen molar-refractivity contribution in [3.8, 4) is 34.4 Å². The predicted molar refractivity (Wildman–Crippen MR) is 90.2 cm³/mol. The number of aromatic hydroxyl groups is 2. The number of hydrogen-bond donors (Lipinski definition) is 2. The van der Waals surface area contributed by atoms with E-state index in [1.807, 2.05) is 0 Å². The molecule has 0 radical (unpaired) electrons. The Kier molecular flexibility index (Phi) is 4.75. The number of rotatable bonds is 0. The van der Waals surface area contributed by atoms with E-state index in [-0.39, 0.29) is 11.5 Å². The Hall–Kier alpha value is -1.63. The Bertz CT molecular complexity index is 574. The number of benzene rings is 1. The molecule has 2 N–H and O–H groups in total. The fourth-order valence-corrected chi connectivity index (χ4v) is 2.31. The molecule has 106 valence electrons. The second kappa shape index (κ2) is 5.79. The lowest BCUT2D eigenvalue weighted by molar-refractivity contribution is 0.448. The van der Waals surface area contributed by atoms with E-state index in [4.69, 9.17) is 0 Å². The van der Waals surface area contributed by atoms with Gasteiger partial charge in [0.25, 0.3) is 0 Å². The van der Waals surface area contributed by atoms with Crippen molar-refractivity contribution in [2.75, 3.05) is 0 Å². The molecule has 0 heterocycles. The molecule has 1 aromatic carbocycles. The molecular weight excluding hydrogens is 280 g/mol. The van der Waals surface area contributed by atoms with Crippen molar-refractivity contribution < 1.29 is 10.2 Å². The zero-order chi connectivity index (χ0) is 15.6. The van der Waals surface area contributed by atoms with Crippen LogP contribution < -0.4 is 0 Å². The van der Waals surface area contributed by atoms with Crippen molar-refractivity contribution in [3.63, 3.8) is 0 Å². The van der Waals surface area contributed by atoms with Crippen molar-refractivity contribution in [2.45, 2.75) is 39.3 Å². The van der Waals surface area contributed by atoms with Crippen LogP contribution in [0.25, 0.3) is 0 Å². The van der Waals surface area contributed by atoms with Gasteiger partial charge < -0.3 is 10.2 Å². The van der Waals surface area contributed by atoms with Gasteiger partial charge in [0.15, 0.2) is 0 Å². The van der Waals surface area contributed by atoms with Crippen LogP contribution in [0.4, 0.5) is 0 Å². The lowest BCUT2D eigenvalue weighted by Gasteiger charge is -2.06. The summed E-state index contributed by atoms with van der Waals surface area (Å²) in [6.07, 6.45) is 0. The van der Waals surface area contributed by atoms with Crippen LogP contribution in [0.1, 0.15) is 11.1 Å². The highest BCUT2D eigenvalue weighted by Gasteiger charge is 2.11. The summed E-state index contributed by atoms with van der Waals surface area (Å²) >= 11 is 0. The van der Waals surface area contributed by atoms with E-state index in [9.17, 15) is 10.2 Å². The van der Waals surface area contributed by atoms with E-state index in [0.29, 0.717) is 11.1 Å². The van der Waals surface area contributed by atoms with Crippen molar-refractivity contribution in [1.29, 1.82) is 0 Å². The zero-order valence-electron chi connectivity index (χ0n) is 13.0. The van der Waals surface area contributed by atoms with E-state index in [1.165, 1.54) is 6.07 Å². The summed E-state index contributed by atoms with van der Waals surface area (Å²) in [7, 11) is -3.01. The average Bonchev–Trinajstić information content (AvgIpc) is 2.24. The molecule has 0 aliphatic rings. The third-order valence-electron chi connectivity index (χ3n) is 2.26. The van der Waals surface area contributed by atoms with Crippen LogP contribution in [-0.4, -0.2) is 26.4 Å². The maximum Gasteiger partial charge on any atom is 0.134 e. The highest BCUT2D eigenvalue weighted by Crippen LogP contribution is 2.26. The lowest BCUT2D eigenvalue weighted by Crippen LogP contribution is -2.16. The van der Waals surface area contributed by atoms with E-state index in [1.54, 1.807) is 6.07 Å². The van der Waals surface area contributed by atoms with Gasteiger partial charge in [-0.1, -0.05) is 51.1 Å². The number of phenols is 2. The minimum atomic E-state index is -1.51. The van der Waals surface area contributed by atoms with Gasteiger partial charge in [-0.05, 0) is 6.07 Å². The molecule has 0 saturated heterocycles. The maximum atomic E-state index is 9.85. The van der Waals surface area contributed by atoms with Crippen LogP contribution in [0.3, 0.4) is 0 Å². The Balaban J connectivity index is 3.28. The largest absolute Gasteiger partial charge is 0.507 e. The molecule has 0 spiro atoms. The maximum absolute atomic E-state index is 9.85. The van der Waals surface area contributed by atoms with Gasteiger partial charge in [-0.2, -0.15) is 0 Å². The van der Waals surface area contributed by atoms with Gasteiger partial charge in [-0.3, -0.25) is 0 Å². The first-order valence-corrected chi connectivity index (χ1v) is 13.6. The SMILES string of the molecule is C[Si](C)(C)C#Cc1cc(C#C[Si](C)(C)C)c(O)cc1O. The molecule has 4 heteroatoms. The summed E-state index contributed by atoms with van der Waals surface area (Å²) in [6, 6.07) is 2.99. The summed E-state index contributed by atoms with van der Waals surface area (Å²) in [5, 5.41) is 19.7. The molecule has 0 aromatic heterocycles. The summed E-state index contributed by atoms with van der Waals surface area (Å²) in [5.41, 5.74) is 7.48. The van der Waals surface area contributed by atoms with Gasteiger partial charge in [0.2, 0.25) is 0 Å². The molecule has 1 aromatic rings. The first-order chi connectivity index (χ1) is 8.98. The van der Waals surface area contributed by atoms with Gasteiger partial charge in [0, 0.05) is 6.07 Å². The monoisotopic (exact) mass is 302 g/mol. The van der Waals surface area contributed by atoms with Crippen LogP contribution in [0.15, 0.2) is 12.1 Å². The number of phenolic OH excluding ortho intramolecular Hbond substituents is 2. The van der Waals surface area contributed by atoms with Gasteiger partial charge in [-0.25, -0.2) is 0 Å². The molecule has 0 aliphatic carbocycles. The fraction of sp³-hybridized carbons (Fsp3) is 0.375. The fourth-order valence-electron chi connectivity index (χ4n) is 1.29. The summed E-state index contributed by atoms with van der Waals surface area (Å²) < 4.78 is 0. The third kappa shape index (κ3) is 5.56. The molecule has 0 amide bonds. The summed E-state index contributed by atoms with van der Waals surface area (Å²) in [4.78, 5) is 0. The van der Waals surface area contributed by atoms with Gasteiger partial charge in [-0.15, -0.1) is 11.1 Å². The van der Waals surface area contributed by atoms with Crippen LogP contribution in [0, 0.1) is 22.9 Å². The molecule has 1 rings (SSSR count). The second-order valence-corrected chi connectivity index (χ2v) is 16.4. The first kappa shape index (κ1) is 16.4. The van der Waals surface area contributed by atoms with Crippen molar-refractivity contribution in [3.05, 3.63) is 23.3 Å². The minimum Gasteiger partial charge on any atom is -0.507 e. The first-order valence-electron chi connectivity index (χ1n) is 6.60. The molecule has 0 saturated carbocycles. The van der Waals surface area contributed by atoms with Crippen molar-refractivity contribution >= 4 is 16.1 Å². The standard InChI is InChI=1S/C16H22O2Si2/c1-19(2,3)9-7-13-11-14(8-10-20(4,5)6)16(18)12-15(13)17/h11-12,17-18H,1-6H3. The highest BCUT2D eigenvalue weighted by molar-refractivity contribution is 6.84. The van der Waals surface area contributed by atoms with Gasteiger partial charge in [0.05, 0.1) is 11.1 Å². The molecule has 20 heavy (non-hydrogen) atoms. The van der Waals surface area contributed by atoms with Crippen LogP contribution >= 0.6 is 0 Å². The minimum absolute atomic E-state index is 0.00630. The average molecular weight is 303 g/mol. The number of hydrogen-bond acceptors (Lipinski definition) is 2. The molecule has 0 atom stereocenters. The molecule has 0 fully saturated rings.